The van der Waals surface area contributed by atoms with E-state index in [4.69, 9.17) is 11.6 Å². The van der Waals surface area contributed by atoms with Crippen molar-refractivity contribution < 1.29 is 9.18 Å². The van der Waals surface area contributed by atoms with Crippen molar-refractivity contribution >= 4 is 29.9 Å². The van der Waals surface area contributed by atoms with Crippen LogP contribution in [-0.4, -0.2) is 45.4 Å². The lowest BCUT2D eigenvalue weighted by Gasteiger charge is -2.37. The number of pyridine rings is 1. The minimum Gasteiger partial charge on any atom is -0.300 e. The molecule has 1 aromatic rings. The third-order valence-electron chi connectivity index (χ3n) is 6.42. The molecular formula is C23H23ClFN5O. The molecule has 0 saturated heterocycles. The van der Waals surface area contributed by atoms with Crippen LogP contribution >= 0.6 is 11.6 Å². The van der Waals surface area contributed by atoms with E-state index in [2.05, 4.69) is 15.1 Å². The number of nitrogens with zero attached hydrogens (tertiary/aromatic N) is 5. The van der Waals surface area contributed by atoms with Gasteiger partial charge in [-0.25, -0.2) is 4.39 Å². The Morgan fingerprint density at radius 3 is 2.81 bits per heavy atom. The number of fused-ring (bicyclic) bond motifs is 2. The summed E-state index contributed by atoms with van der Waals surface area (Å²) >= 11 is 6.18. The van der Waals surface area contributed by atoms with E-state index < -0.39 is 0 Å². The standard InChI is InChI=1S/C23H23ClFN5O/c1-14(31)23-18-9-6-16(24)11-20(18)27-12-21-29(23)13-28-30(21)17-7-4-15(5-8-17)22-19(25)3-2-10-26-22/h2-3,6,10-13,15,17,21H,4-5,7-9H2,1H3. The first-order valence-electron chi connectivity index (χ1n) is 10.6. The highest BCUT2D eigenvalue weighted by Gasteiger charge is 2.39. The molecule has 5 rings (SSSR count). The predicted octanol–water partition coefficient (Wildman–Crippen LogP) is 4.47. The molecule has 0 spiro atoms. The number of carbonyl (C=O) groups excluding carboxylic acids is 1. The number of aromatic nitrogens is 1. The number of aliphatic imine (C=N–C) groups is 1. The molecule has 6 nitrogen and oxygen atoms in total. The molecular weight excluding hydrogens is 417 g/mol. The van der Waals surface area contributed by atoms with Crippen LogP contribution in [0.2, 0.25) is 0 Å². The molecule has 160 valence electrons. The second-order valence-corrected chi connectivity index (χ2v) is 8.73. The van der Waals surface area contributed by atoms with Gasteiger partial charge in [-0.05, 0) is 50.3 Å². The Morgan fingerprint density at radius 1 is 1.26 bits per heavy atom. The molecule has 2 aliphatic carbocycles. The first-order chi connectivity index (χ1) is 15.0. The number of hydrazone groups is 1. The van der Waals surface area contributed by atoms with E-state index in [0.29, 0.717) is 22.8 Å². The lowest BCUT2D eigenvalue weighted by Crippen LogP contribution is -2.46. The van der Waals surface area contributed by atoms with Crippen molar-refractivity contribution in [2.45, 2.75) is 57.2 Å². The van der Waals surface area contributed by atoms with Crippen LogP contribution < -0.4 is 0 Å². The molecule has 31 heavy (non-hydrogen) atoms. The zero-order chi connectivity index (χ0) is 21.5. The highest BCUT2D eigenvalue weighted by molar-refractivity contribution is 6.31. The fourth-order valence-corrected chi connectivity index (χ4v) is 5.12. The summed E-state index contributed by atoms with van der Waals surface area (Å²) < 4.78 is 14.2. The van der Waals surface area contributed by atoms with Crippen LogP contribution in [0.1, 0.15) is 50.6 Å². The Kier molecular flexibility index (Phi) is 5.22. The van der Waals surface area contributed by atoms with E-state index >= 15 is 0 Å². The number of carbonyl (C=O) groups is 1. The summed E-state index contributed by atoms with van der Waals surface area (Å²) in [6.45, 7) is 1.57. The van der Waals surface area contributed by atoms with Gasteiger partial charge in [0.05, 0.1) is 17.1 Å². The molecule has 1 fully saturated rings. The molecule has 0 bridgehead atoms. The lowest BCUT2D eigenvalue weighted by atomic mass is 9.83. The van der Waals surface area contributed by atoms with Crippen LogP contribution in [0.25, 0.3) is 0 Å². The van der Waals surface area contributed by atoms with Crippen molar-refractivity contribution in [3.05, 3.63) is 64.0 Å². The number of Topliss-reactive ketones (excluding diaryl/α,β-unsaturated/α-hetero) is 1. The van der Waals surface area contributed by atoms with E-state index in [1.165, 1.54) is 6.07 Å². The topological polar surface area (TPSA) is 61.2 Å². The van der Waals surface area contributed by atoms with Gasteiger partial charge in [0.1, 0.15) is 12.2 Å². The average Bonchev–Trinajstić information content (AvgIpc) is 3.10. The molecule has 0 N–H and O–H groups in total. The highest BCUT2D eigenvalue weighted by atomic mass is 35.5. The maximum absolute atomic E-state index is 14.2. The van der Waals surface area contributed by atoms with Crippen molar-refractivity contribution in [1.29, 1.82) is 0 Å². The SMILES string of the molecule is CC(=O)C1=C2CC=C(Cl)C=C2N=CC2N1C=NN2C1CCC(c2ncccc2F)CC1. The van der Waals surface area contributed by atoms with Crippen LogP contribution in [0.5, 0.6) is 0 Å². The third-order valence-corrected chi connectivity index (χ3v) is 6.68. The molecule has 1 aromatic heterocycles. The Balaban J connectivity index is 1.37. The van der Waals surface area contributed by atoms with Gasteiger partial charge in [0, 0.05) is 41.9 Å². The van der Waals surface area contributed by atoms with Crippen molar-refractivity contribution in [3.8, 4) is 0 Å². The quantitative estimate of drug-likeness (QED) is 0.697. The number of ketones is 1. The van der Waals surface area contributed by atoms with E-state index in [0.717, 1.165) is 37.0 Å². The molecule has 4 aliphatic rings. The molecule has 0 aromatic carbocycles. The van der Waals surface area contributed by atoms with Gasteiger partial charge >= 0.3 is 0 Å². The number of hydrogen-bond acceptors (Lipinski definition) is 6. The molecule has 0 radical (unpaired) electrons. The van der Waals surface area contributed by atoms with Gasteiger partial charge in [-0.3, -0.25) is 24.7 Å². The second kappa shape index (κ2) is 8.04. The molecule has 2 aliphatic heterocycles. The summed E-state index contributed by atoms with van der Waals surface area (Å²) in [5, 5.41) is 7.32. The van der Waals surface area contributed by atoms with Crippen LogP contribution in [-0.2, 0) is 4.79 Å². The Morgan fingerprint density at radius 2 is 2.06 bits per heavy atom. The molecule has 1 unspecified atom stereocenters. The maximum Gasteiger partial charge on any atom is 0.176 e. The first kappa shape index (κ1) is 20.1. The average molecular weight is 440 g/mol. The van der Waals surface area contributed by atoms with Crippen molar-refractivity contribution in [2.75, 3.05) is 0 Å². The lowest BCUT2D eigenvalue weighted by molar-refractivity contribution is -0.115. The molecule has 8 heteroatoms. The zero-order valence-electron chi connectivity index (χ0n) is 17.2. The van der Waals surface area contributed by atoms with Crippen LogP contribution in [0, 0.1) is 5.82 Å². The number of rotatable bonds is 3. The highest BCUT2D eigenvalue weighted by Crippen LogP contribution is 2.39. The zero-order valence-corrected chi connectivity index (χ0v) is 18.0. The van der Waals surface area contributed by atoms with Gasteiger partial charge in [0.25, 0.3) is 0 Å². The van der Waals surface area contributed by atoms with Gasteiger partial charge < -0.3 is 0 Å². The second-order valence-electron chi connectivity index (χ2n) is 8.29. The van der Waals surface area contributed by atoms with E-state index in [-0.39, 0.29) is 29.7 Å². The van der Waals surface area contributed by atoms with Crippen molar-refractivity contribution in [3.63, 3.8) is 0 Å². The van der Waals surface area contributed by atoms with Crippen LogP contribution in [0.4, 0.5) is 4.39 Å². The minimum atomic E-state index is -0.259. The third kappa shape index (κ3) is 3.61. The summed E-state index contributed by atoms with van der Waals surface area (Å²) in [6.07, 6.45) is 12.7. The Hall–Kier alpha value is -2.80. The van der Waals surface area contributed by atoms with Gasteiger partial charge in [0.15, 0.2) is 11.9 Å². The minimum absolute atomic E-state index is 0.0227. The van der Waals surface area contributed by atoms with Crippen molar-refractivity contribution in [1.82, 2.24) is 14.9 Å². The molecule has 1 atom stereocenters. The fraction of sp³-hybridized carbons (Fsp3) is 0.391. The van der Waals surface area contributed by atoms with E-state index in [1.807, 2.05) is 22.2 Å². The van der Waals surface area contributed by atoms with E-state index in [9.17, 15) is 9.18 Å². The monoisotopic (exact) mass is 439 g/mol. The summed E-state index contributed by atoms with van der Waals surface area (Å²) in [4.78, 5) is 23.4. The first-order valence-corrected chi connectivity index (χ1v) is 11.0. The van der Waals surface area contributed by atoms with Crippen LogP contribution in [0.3, 0.4) is 0 Å². The Labute approximate surface area is 185 Å². The normalized spacial score (nSPS) is 27.5. The number of hydrogen-bond donors (Lipinski definition) is 0. The van der Waals surface area contributed by atoms with Crippen molar-refractivity contribution in [2.24, 2.45) is 10.1 Å². The van der Waals surface area contributed by atoms with Gasteiger partial charge in [-0.1, -0.05) is 17.7 Å². The molecule has 1 saturated carbocycles. The summed E-state index contributed by atoms with van der Waals surface area (Å²) in [6, 6.07) is 3.29. The molecule has 3 heterocycles. The van der Waals surface area contributed by atoms with E-state index in [1.54, 1.807) is 31.6 Å². The largest absolute Gasteiger partial charge is 0.300 e. The van der Waals surface area contributed by atoms with Gasteiger partial charge in [-0.2, -0.15) is 5.10 Å². The molecule has 0 amide bonds. The smallest absolute Gasteiger partial charge is 0.176 e. The number of allylic oxidation sites excluding steroid dienone is 5. The Bertz CT molecular complexity index is 1070. The predicted molar refractivity (Wildman–Crippen MR) is 118 cm³/mol. The fourth-order valence-electron chi connectivity index (χ4n) is 4.94. The van der Waals surface area contributed by atoms with Gasteiger partial charge in [0.2, 0.25) is 0 Å². The summed E-state index contributed by atoms with van der Waals surface area (Å²) in [5.74, 6) is -0.127. The summed E-state index contributed by atoms with van der Waals surface area (Å²) in [7, 11) is 0. The van der Waals surface area contributed by atoms with Gasteiger partial charge in [-0.15, -0.1) is 0 Å². The van der Waals surface area contributed by atoms with Crippen LogP contribution in [0.15, 0.2) is 62.6 Å². The number of halogens is 2. The maximum atomic E-state index is 14.2. The summed E-state index contributed by atoms with van der Waals surface area (Å²) in [5.41, 5.74) is 2.78.